The predicted molar refractivity (Wildman–Crippen MR) is 87.1 cm³/mol. The predicted octanol–water partition coefficient (Wildman–Crippen LogP) is 2.30. The third kappa shape index (κ3) is 3.02. The Morgan fingerprint density at radius 2 is 1.87 bits per heavy atom. The maximum atomic E-state index is 12.3. The van der Waals surface area contributed by atoms with E-state index in [0.29, 0.717) is 11.1 Å². The summed E-state index contributed by atoms with van der Waals surface area (Å²) in [6, 6.07) is 10.5. The smallest absolute Gasteiger partial charge is 0.271 e. The van der Waals surface area contributed by atoms with E-state index in [-0.39, 0.29) is 5.15 Å². The average Bonchev–Trinajstić information content (AvgIpc) is 2.90. The SMILES string of the molecule is Cn1cc(C(=O)NNC(=O)c2ccnc(Cl)c2)c2ccccc21. The maximum absolute atomic E-state index is 12.3. The fraction of sp³-hybridized carbons (Fsp3) is 0.0625. The van der Waals surface area contributed by atoms with E-state index in [0.717, 1.165) is 10.9 Å². The Morgan fingerprint density at radius 3 is 2.65 bits per heavy atom. The van der Waals surface area contributed by atoms with Gasteiger partial charge in [0.15, 0.2) is 0 Å². The highest BCUT2D eigenvalue weighted by atomic mass is 35.5. The van der Waals surface area contributed by atoms with Gasteiger partial charge in [0.05, 0.1) is 5.56 Å². The fourth-order valence-electron chi connectivity index (χ4n) is 2.32. The maximum Gasteiger partial charge on any atom is 0.271 e. The van der Waals surface area contributed by atoms with Crippen molar-refractivity contribution in [3.05, 3.63) is 65.1 Å². The van der Waals surface area contributed by atoms with Gasteiger partial charge in [0.2, 0.25) is 0 Å². The molecule has 2 heterocycles. The van der Waals surface area contributed by atoms with Crippen molar-refractivity contribution in [2.45, 2.75) is 0 Å². The molecule has 2 amide bonds. The van der Waals surface area contributed by atoms with Crippen molar-refractivity contribution in [3.8, 4) is 0 Å². The number of hydrogen-bond donors (Lipinski definition) is 2. The zero-order chi connectivity index (χ0) is 16.4. The first kappa shape index (κ1) is 15.1. The van der Waals surface area contributed by atoms with Crippen molar-refractivity contribution in [3.63, 3.8) is 0 Å². The van der Waals surface area contributed by atoms with E-state index < -0.39 is 11.8 Å². The number of aromatic nitrogens is 2. The van der Waals surface area contributed by atoms with Gasteiger partial charge >= 0.3 is 0 Å². The van der Waals surface area contributed by atoms with E-state index >= 15 is 0 Å². The summed E-state index contributed by atoms with van der Waals surface area (Å²) < 4.78 is 1.86. The molecule has 3 rings (SSSR count). The van der Waals surface area contributed by atoms with Crippen LogP contribution in [0.2, 0.25) is 5.15 Å². The Morgan fingerprint density at radius 1 is 1.13 bits per heavy atom. The molecular weight excluding hydrogens is 316 g/mol. The summed E-state index contributed by atoms with van der Waals surface area (Å²) in [6.45, 7) is 0. The molecule has 0 saturated heterocycles. The lowest BCUT2D eigenvalue weighted by molar-refractivity contribution is 0.0847. The Hall–Kier alpha value is -2.86. The summed E-state index contributed by atoms with van der Waals surface area (Å²) in [7, 11) is 1.86. The van der Waals surface area contributed by atoms with Gasteiger partial charge in [-0.3, -0.25) is 20.4 Å². The van der Waals surface area contributed by atoms with Crippen LogP contribution in [0.4, 0.5) is 0 Å². The van der Waals surface area contributed by atoms with Gasteiger partial charge in [0, 0.05) is 35.9 Å². The fourth-order valence-corrected chi connectivity index (χ4v) is 2.49. The number of hydrazine groups is 1. The largest absolute Gasteiger partial charge is 0.350 e. The number of amides is 2. The minimum atomic E-state index is -0.470. The lowest BCUT2D eigenvalue weighted by Crippen LogP contribution is -2.41. The van der Waals surface area contributed by atoms with Crippen molar-refractivity contribution in [1.29, 1.82) is 0 Å². The number of hydrogen-bond acceptors (Lipinski definition) is 3. The zero-order valence-corrected chi connectivity index (χ0v) is 13.0. The second-order valence-electron chi connectivity index (χ2n) is 4.95. The number of pyridine rings is 1. The van der Waals surface area contributed by atoms with Crippen LogP contribution in [0.15, 0.2) is 48.8 Å². The lowest BCUT2D eigenvalue weighted by atomic mass is 10.2. The van der Waals surface area contributed by atoms with Gasteiger partial charge < -0.3 is 4.57 Å². The molecule has 0 bridgehead atoms. The monoisotopic (exact) mass is 328 g/mol. The number of aryl methyl sites for hydroxylation is 1. The van der Waals surface area contributed by atoms with Gasteiger partial charge in [-0.2, -0.15) is 0 Å². The van der Waals surface area contributed by atoms with Crippen LogP contribution in [0.25, 0.3) is 10.9 Å². The standard InChI is InChI=1S/C16H13ClN4O2/c1-21-9-12(11-4-2-3-5-13(11)21)16(23)20-19-15(22)10-6-7-18-14(17)8-10/h2-9H,1H3,(H,19,22)(H,20,23). The molecule has 7 heteroatoms. The quantitative estimate of drug-likeness (QED) is 0.560. The van der Waals surface area contributed by atoms with Crippen molar-refractivity contribution < 1.29 is 9.59 Å². The van der Waals surface area contributed by atoms with Gasteiger partial charge in [0.25, 0.3) is 11.8 Å². The van der Waals surface area contributed by atoms with Gasteiger partial charge in [-0.1, -0.05) is 29.8 Å². The number of carbonyl (C=O) groups is 2. The van der Waals surface area contributed by atoms with Gasteiger partial charge in [-0.25, -0.2) is 4.98 Å². The van der Waals surface area contributed by atoms with E-state index in [9.17, 15) is 9.59 Å². The van der Waals surface area contributed by atoms with E-state index in [1.807, 2.05) is 35.9 Å². The molecule has 0 unspecified atom stereocenters. The molecule has 0 fully saturated rings. The van der Waals surface area contributed by atoms with Crippen LogP contribution in [0, 0.1) is 0 Å². The van der Waals surface area contributed by atoms with Crippen molar-refractivity contribution >= 4 is 34.3 Å². The number of nitrogens with zero attached hydrogens (tertiary/aromatic N) is 2. The molecule has 0 aliphatic carbocycles. The van der Waals surface area contributed by atoms with Crippen LogP contribution in [-0.2, 0) is 7.05 Å². The number of carbonyl (C=O) groups excluding carboxylic acids is 2. The molecule has 0 aliphatic rings. The molecule has 6 nitrogen and oxygen atoms in total. The third-order valence-corrected chi connectivity index (χ3v) is 3.63. The minimum absolute atomic E-state index is 0.207. The molecule has 0 spiro atoms. The highest BCUT2D eigenvalue weighted by Gasteiger charge is 2.14. The van der Waals surface area contributed by atoms with Crippen LogP contribution in [0.3, 0.4) is 0 Å². The first-order valence-corrected chi connectivity index (χ1v) is 7.20. The highest BCUT2D eigenvalue weighted by molar-refractivity contribution is 6.29. The van der Waals surface area contributed by atoms with E-state index in [2.05, 4.69) is 15.8 Å². The number of fused-ring (bicyclic) bond motifs is 1. The molecule has 2 aromatic heterocycles. The third-order valence-electron chi connectivity index (χ3n) is 3.42. The Bertz CT molecular complexity index is 904. The molecule has 0 radical (unpaired) electrons. The summed E-state index contributed by atoms with van der Waals surface area (Å²) in [5.41, 5.74) is 6.50. The van der Waals surface area contributed by atoms with E-state index in [1.54, 1.807) is 6.20 Å². The Labute approximate surface area is 137 Å². The lowest BCUT2D eigenvalue weighted by Gasteiger charge is -2.06. The number of rotatable bonds is 2. The van der Waals surface area contributed by atoms with Gasteiger partial charge in [-0.05, 0) is 18.2 Å². The van der Waals surface area contributed by atoms with Crippen LogP contribution in [0.5, 0.6) is 0 Å². The second-order valence-corrected chi connectivity index (χ2v) is 5.33. The number of para-hydroxylation sites is 1. The van der Waals surface area contributed by atoms with Crippen LogP contribution < -0.4 is 10.9 Å². The summed E-state index contributed by atoms with van der Waals surface area (Å²) >= 11 is 5.73. The average molecular weight is 329 g/mol. The zero-order valence-electron chi connectivity index (χ0n) is 12.2. The molecule has 0 atom stereocenters. The second kappa shape index (κ2) is 6.10. The summed E-state index contributed by atoms with van der Waals surface area (Å²) in [6.07, 6.45) is 3.14. The molecule has 3 aromatic rings. The number of halogens is 1. The Balaban J connectivity index is 1.75. The summed E-state index contributed by atoms with van der Waals surface area (Å²) in [5, 5.41) is 1.02. The minimum Gasteiger partial charge on any atom is -0.350 e. The molecular formula is C16H13ClN4O2. The molecule has 116 valence electrons. The van der Waals surface area contributed by atoms with Crippen LogP contribution >= 0.6 is 11.6 Å². The van der Waals surface area contributed by atoms with Gasteiger partial charge in [0.1, 0.15) is 5.15 Å². The first-order valence-electron chi connectivity index (χ1n) is 6.82. The van der Waals surface area contributed by atoms with Crippen LogP contribution in [0.1, 0.15) is 20.7 Å². The number of nitrogens with one attached hydrogen (secondary N) is 2. The topological polar surface area (TPSA) is 76.0 Å². The van der Waals surface area contributed by atoms with Crippen LogP contribution in [-0.4, -0.2) is 21.4 Å². The van der Waals surface area contributed by atoms with Crippen molar-refractivity contribution in [1.82, 2.24) is 20.4 Å². The Kier molecular flexibility index (Phi) is 3.99. The first-order chi connectivity index (χ1) is 11.1. The van der Waals surface area contributed by atoms with E-state index in [1.165, 1.54) is 18.3 Å². The molecule has 2 N–H and O–H groups in total. The number of benzene rings is 1. The van der Waals surface area contributed by atoms with Crippen molar-refractivity contribution in [2.24, 2.45) is 7.05 Å². The van der Waals surface area contributed by atoms with E-state index in [4.69, 9.17) is 11.6 Å². The van der Waals surface area contributed by atoms with Crippen molar-refractivity contribution in [2.75, 3.05) is 0 Å². The molecule has 0 aliphatic heterocycles. The molecule has 1 aromatic carbocycles. The molecule has 23 heavy (non-hydrogen) atoms. The highest BCUT2D eigenvalue weighted by Crippen LogP contribution is 2.19. The van der Waals surface area contributed by atoms with Gasteiger partial charge in [-0.15, -0.1) is 0 Å². The summed E-state index contributed by atoms with van der Waals surface area (Å²) in [4.78, 5) is 28.1. The normalized spacial score (nSPS) is 10.5. The molecule has 0 saturated carbocycles. The summed E-state index contributed by atoms with van der Waals surface area (Å²) in [5.74, 6) is -0.863.